The number of aromatic amines is 1. The van der Waals surface area contributed by atoms with Gasteiger partial charge in [0.25, 0.3) is 0 Å². The van der Waals surface area contributed by atoms with Crippen LogP contribution in [0.2, 0.25) is 0 Å². The van der Waals surface area contributed by atoms with Crippen molar-refractivity contribution in [3.05, 3.63) is 6.20 Å². The maximum absolute atomic E-state index is 12.0. The molecule has 0 aromatic carbocycles. The van der Waals surface area contributed by atoms with Crippen molar-refractivity contribution in [1.82, 2.24) is 19.8 Å². The molecule has 0 aliphatic carbocycles. The lowest BCUT2D eigenvalue weighted by Crippen LogP contribution is -2.40. The normalized spacial score (nSPS) is 19.2. The van der Waals surface area contributed by atoms with E-state index in [2.05, 4.69) is 19.8 Å². The Morgan fingerprint density at radius 1 is 1.56 bits per heavy atom. The maximum atomic E-state index is 12.0. The lowest BCUT2D eigenvalue weighted by Gasteiger charge is -2.23. The number of nitrogens with zero attached hydrogens (tertiary/aromatic N) is 2. The molecule has 1 aromatic rings. The number of anilines is 1. The molecule has 4 N–H and O–H groups in total. The Morgan fingerprint density at radius 2 is 2.22 bits per heavy atom. The molecule has 0 radical (unpaired) electrons. The van der Waals surface area contributed by atoms with E-state index in [1.807, 2.05) is 6.92 Å². The Morgan fingerprint density at radius 3 is 2.78 bits per heavy atom. The lowest BCUT2D eigenvalue weighted by atomic mass is 10.3. The summed E-state index contributed by atoms with van der Waals surface area (Å²) >= 11 is 0. The fourth-order valence-electron chi connectivity index (χ4n) is 2.12. The minimum Gasteiger partial charge on any atom is -0.383 e. The number of H-pyrrole nitrogens is 1. The van der Waals surface area contributed by atoms with Crippen molar-refractivity contribution in [2.24, 2.45) is 0 Å². The van der Waals surface area contributed by atoms with Crippen LogP contribution in [-0.4, -0.2) is 49.2 Å². The number of nitrogens with two attached hydrogens (primary N) is 1. The van der Waals surface area contributed by atoms with Crippen LogP contribution in [0.25, 0.3) is 0 Å². The standard InChI is InChI=1S/C10H19N5O2S/c1-8(15-4-2-3-5-15)6-13-18(16,17)9-7-12-14-10(9)11/h7-8,13H,2-6H2,1H3,(H3,11,12,14). The largest absolute Gasteiger partial charge is 0.383 e. The van der Waals surface area contributed by atoms with Crippen LogP contribution in [0.4, 0.5) is 5.82 Å². The monoisotopic (exact) mass is 273 g/mol. The summed E-state index contributed by atoms with van der Waals surface area (Å²) in [7, 11) is -3.57. The zero-order valence-electron chi connectivity index (χ0n) is 10.4. The summed E-state index contributed by atoms with van der Waals surface area (Å²) in [6.45, 7) is 4.48. The van der Waals surface area contributed by atoms with Crippen LogP contribution in [-0.2, 0) is 10.0 Å². The van der Waals surface area contributed by atoms with Crippen LogP contribution >= 0.6 is 0 Å². The first-order valence-corrected chi connectivity index (χ1v) is 7.51. The van der Waals surface area contributed by atoms with E-state index in [1.54, 1.807) is 0 Å². The third-order valence-corrected chi connectivity index (χ3v) is 4.71. The molecule has 0 amide bonds. The highest BCUT2D eigenvalue weighted by Gasteiger charge is 2.23. The van der Waals surface area contributed by atoms with E-state index in [0.29, 0.717) is 6.54 Å². The van der Waals surface area contributed by atoms with Gasteiger partial charge in [0.15, 0.2) is 0 Å². The summed E-state index contributed by atoms with van der Waals surface area (Å²) in [4.78, 5) is 2.29. The summed E-state index contributed by atoms with van der Waals surface area (Å²) in [5.74, 6) is 0.0660. The molecular formula is C10H19N5O2S. The van der Waals surface area contributed by atoms with Crippen LogP contribution in [0, 0.1) is 0 Å². The molecule has 102 valence electrons. The lowest BCUT2D eigenvalue weighted by molar-refractivity contribution is 0.260. The van der Waals surface area contributed by atoms with E-state index >= 15 is 0 Å². The van der Waals surface area contributed by atoms with Gasteiger partial charge in [-0.3, -0.25) is 10.00 Å². The molecule has 2 rings (SSSR count). The van der Waals surface area contributed by atoms with Gasteiger partial charge >= 0.3 is 0 Å². The van der Waals surface area contributed by atoms with E-state index in [9.17, 15) is 8.42 Å². The van der Waals surface area contributed by atoms with Crippen molar-refractivity contribution < 1.29 is 8.42 Å². The molecule has 1 fully saturated rings. The van der Waals surface area contributed by atoms with Gasteiger partial charge in [0.2, 0.25) is 10.0 Å². The van der Waals surface area contributed by atoms with Gasteiger partial charge in [0.05, 0.1) is 6.20 Å². The quantitative estimate of drug-likeness (QED) is 0.686. The molecule has 1 aliphatic rings. The molecule has 2 heterocycles. The molecule has 1 aliphatic heterocycles. The Hall–Kier alpha value is -1.12. The fraction of sp³-hybridized carbons (Fsp3) is 0.700. The number of nitrogen functional groups attached to an aromatic ring is 1. The Balaban J connectivity index is 1.95. The highest BCUT2D eigenvalue weighted by atomic mass is 32.2. The van der Waals surface area contributed by atoms with Gasteiger partial charge in [-0.2, -0.15) is 5.10 Å². The first-order valence-electron chi connectivity index (χ1n) is 6.03. The van der Waals surface area contributed by atoms with Gasteiger partial charge < -0.3 is 5.73 Å². The van der Waals surface area contributed by atoms with Crippen molar-refractivity contribution in [3.63, 3.8) is 0 Å². The number of likely N-dealkylation sites (tertiary alicyclic amines) is 1. The van der Waals surface area contributed by atoms with Gasteiger partial charge in [-0.05, 0) is 32.9 Å². The summed E-state index contributed by atoms with van der Waals surface area (Å²) in [6, 6.07) is 0.190. The van der Waals surface area contributed by atoms with E-state index in [1.165, 1.54) is 19.0 Å². The molecular weight excluding hydrogens is 254 g/mol. The number of aromatic nitrogens is 2. The predicted molar refractivity (Wildman–Crippen MR) is 68.5 cm³/mol. The summed E-state index contributed by atoms with van der Waals surface area (Å²) in [6.07, 6.45) is 3.59. The number of sulfonamides is 1. The smallest absolute Gasteiger partial charge is 0.245 e. The maximum Gasteiger partial charge on any atom is 0.245 e. The topological polar surface area (TPSA) is 104 Å². The van der Waals surface area contributed by atoms with Gasteiger partial charge in [-0.15, -0.1) is 0 Å². The van der Waals surface area contributed by atoms with Crippen LogP contribution in [0.5, 0.6) is 0 Å². The second-order valence-electron chi connectivity index (χ2n) is 4.59. The molecule has 1 saturated heterocycles. The third kappa shape index (κ3) is 2.82. The minimum absolute atomic E-state index is 0.0103. The molecule has 1 atom stereocenters. The zero-order chi connectivity index (χ0) is 13.2. The first-order chi connectivity index (χ1) is 8.50. The average molecular weight is 273 g/mol. The zero-order valence-corrected chi connectivity index (χ0v) is 11.2. The van der Waals surface area contributed by atoms with E-state index < -0.39 is 10.0 Å². The number of hydrogen-bond donors (Lipinski definition) is 3. The first kappa shape index (κ1) is 13.3. The molecule has 8 heteroatoms. The van der Waals surface area contributed by atoms with E-state index in [4.69, 9.17) is 5.73 Å². The summed E-state index contributed by atoms with van der Waals surface area (Å²) < 4.78 is 26.5. The minimum atomic E-state index is -3.57. The number of rotatable bonds is 5. The summed E-state index contributed by atoms with van der Waals surface area (Å²) in [5, 5.41) is 6.03. The van der Waals surface area contributed by atoms with Crippen molar-refractivity contribution in [3.8, 4) is 0 Å². The Bertz CT molecular complexity index is 492. The molecule has 0 spiro atoms. The Kier molecular flexibility index (Phi) is 3.88. The number of nitrogens with one attached hydrogen (secondary N) is 2. The molecule has 7 nitrogen and oxygen atoms in total. The predicted octanol–water partition coefficient (Wildman–Crippen LogP) is -0.245. The SMILES string of the molecule is CC(CNS(=O)(=O)c1cn[nH]c1N)N1CCCC1. The van der Waals surface area contributed by atoms with Crippen molar-refractivity contribution in [2.75, 3.05) is 25.4 Å². The van der Waals surface area contributed by atoms with Gasteiger partial charge in [0.1, 0.15) is 10.7 Å². The highest BCUT2D eigenvalue weighted by Crippen LogP contribution is 2.15. The van der Waals surface area contributed by atoms with Crippen molar-refractivity contribution in [2.45, 2.75) is 30.7 Å². The molecule has 1 aromatic heterocycles. The third-order valence-electron chi connectivity index (χ3n) is 3.25. The average Bonchev–Trinajstić information content (AvgIpc) is 2.96. The van der Waals surface area contributed by atoms with Crippen LogP contribution < -0.4 is 10.5 Å². The van der Waals surface area contributed by atoms with E-state index in [0.717, 1.165) is 13.1 Å². The summed E-state index contributed by atoms with van der Waals surface area (Å²) in [5.41, 5.74) is 5.51. The molecule has 1 unspecified atom stereocenters. The van der Waals surface area contributed by atoms with Crippen molar-refractivity contribution in [1.29, 1.82) is 0 Å². The van der Waals surface area contributed by atoms with Gasteiger partial charge in [0, 0.05) is 12.6 Å². The van der Waals surface area contributed by atoms with Gasteiger partial charge in [-0.25, -0.2) is 13.1 Å². The fourth-order valence-corrected chi connectivity index (χ4v) is 3.26. The van der Waals surface area contributed by atoms with Crippen LogP contribution in [0.3, 0.4) is 0 Å². The molecule has 0 saturated carbocycles. The number of hydrogen-bond acceptors (Lipinski definition) is 5. The molecule has 0 bridgehead atoms. The second kappa shape index (κ2) is 5.25. The second-order valence-corrected chi connectivity index (χ2v) is 6.33. The Labute approximate surface area is 107 Å². The van der Waals surface area contributed by atoms with Crippen LogP contribution in [0.15, 0.2) is 11.1 Å². The van der Waals surface area contributed by atoms with Crippen molar-refractivity contribution >= 4 is 15.8 Å². The van der Waals surface area contributed by atoms with Gasteiger partial charge in [-0.1, -0.05) is 0 Å². The van der Waals surface area contributed by atoms with E-state index in [-0.39, 0.29) is 16.8 Å². The molecule has 18 heavy (non-hydrogen) atoms. The van der Waals surface area contributed by atoms with Crippen LogP contribution in [0.1, 0.15) is 19.8 Å². The highest BCUT2D eigenvalue weighted by molar-refractivity contribution is 7.89.